The molecule has 0 saturated carbocycles. The smallest absolute Gasteiger partial charge is 0.255 e. The van der Waals surface area contributed by atoms with Crippen LogP contribution >= 0.6 is 0 Å². The van der Waals surface area contributed by atoms with Crippen molar-refractivity contribution >= 4 is 34.8 Å². The third kappa shape index (κ3) is 5.67. The molecule has 3 N–H and O–H groups in total. The third-order valence-corrected chi connectivity index (χ3v) is 3.87. The molecule has 0 heterocycles. The molecule has 0 aliphatic heterocycles. The van der Waals surface area contributed by atoms with E-state index in [1.165, 1.54) is 6.92 Å². The second-order valence-corrected chi connectivity index (χ2v) is 7.45. The Kier molecular flexibility index (Phi) is 6.00. The van der Waals surface area contributed by atoms with Crippen LogP contribution in [0.3, 0.4) is 0 Å². The number of hydrogen-bond acceptors (Lipinski definition) is 3. The average molecular weight is 367 g/mol. The summed E-state index contributed by atoms with van der Waals surface area (Å²) >= 11 is 0. The van der Waals surface area contributed by atoms with E-state index in [1.807, 2.05) is 33.8 Å². The lowest BCUT2D eigenvalue weighted by molar-refractivity contribution is -0.123. The van der Waals surface area contributed by atoms with Gasteiger partial charge in [0.2, 0.25) is 11.8 Å². The van der Waals surface area contributed by atoms with E-state index >= 15 is 0 Å². The number of hydrogen-bond donors (Lipinski definition) is 3. The minimum atomic E-state index is -0.528. The van der Waals surface area contributed by atoms with Gasteiger partial charge in [0, 0.05) is 35.0 Å². The summed E-state index contributed by atoms with van der Waals surface area (Å²) in [6.07, 6.45) is 0. The molecule has 0 aliphatic rings. The first-order chi connectivity index (χ1) is 12.6. The van der Waals surface area contributed by atoms with Gasteiger partial charge in [0.15, 0.2) is 0 Å². The topological polar surface area (TPSA) is 87.3 Å². The summed E-state index contributed by atoms with van der Waals surface area (Å²) in [5, 5.41) is 8.35. The zero-order valence-electron chi connectivity index (χ0n) is 16.3. The van der Waals surface area contributed by atoms with Crippen molar-refractivity contribution in [2.75, 3.05) is 16.0 Å². The van der Waals surface area contributed by atoms with Crippen LogP contribution in [0.2, 0.25) is 0 Å². The maximum absolute atomic E-state index is 12.6. The van der Waals surface area contributed by atoms with Gasteiger partial charge in [0.05, 0.1) is 0 Å². The van der Waals surface area contributed by atoms with Gasteiger partial charge in [-0.15, -0.1) is 0 Å². The van der Waals surface area contributed by atoms with Crippen LogP contribution in [0.15, 0.2) is 42.5 Å². The number of rotatable bonds is 4. The molecule has 6 nitrogen and oxygen atoms in total. The lowest BCUT2D eigenvalue weighted by atomic mass is 9.95. The number of carbonyl (C=O) groups is 3. The molecule has 0 bridgehead atoms. The molecule has 0 aromatic heterocycles. The van der Waals surface area contributed by atoms with Gasteiger partial charge in [0.1, 0.15) is 0 Å². The van der Waals surface area contributed by atoms with Crippen LogP contribution in [-0.2, 0) is 9.59 Å². The number of anilines is 3. The molecule has 142 valence electrons. The van der Waals surface area contributed by atoms with Gasteiger partial charge in [0.25, 0.3) is 5.91 Å². The second kappa shape index (κ2) is 8.03. The molecule has 0 saturated heterocycles. The van der Waals surface area contributed by atoms with Crippen molar-refractivity contribution in [1.82, 2.24) is 0 Å². The molecule has 3 amide bonds. The van der Waals surface area contributed by atoms with Crippen molar-refractivity contribution in [2.24, 2.45) is 5.41 Å². The number of aryl methyl sites for hydroxylation is 1. The summed E-state index contributed by atoms with van der Waals surface area (Å²) in [7, 11) is 0. The van der Waals surface area contributed by atoms with Crippen LogP contribution in [0.25, 0.3) is 0 Å². The first kappa shape index (κ1) is 20.2. The van der Waals surface area contributed by atoms with Crippen molar-refractivity contribution in [3.05, 3.63) is 53.6 Å². The van der Waals surface area contributed by atoms with E-state index in [1.54, 1.807) is 36.4 Å². The Morgan fingerprint density at radius 3 is 2.15 bits per heavy atom. The molecule has 2 rings (SSSR count). The summed E-state index contributed by atoms with van der Waals surface area (Å²) in [4.78, 5) is 36.0. The van der Waals surface area contributed by atoms with E-state index in [0.717, 1.165) is 5.56 Å². The minimum Gasteiger partial charge on any atom is -0.326 e. The normalized spacial score (nSPS) is 10.9. The fourth-order valence-corrected chi connectivity index (χ4v) is 2.28. The van der Waals surface area contributed by atoms with Crippen LogP contribution in [0.4, 0.5) is 17.1 Å². The molecule has 0 radical (unpaired) electrons. The van der Waals surface area contributed by atoms with Gasteiger partial charge < -0.3 is 16.0 Å². The number of carbonyl (C=O) groups excluding carboxylic acids is 3. The Labute approximate surface area is 159 Å². The van der Waals surface area contributed by atoms with Gasteiger partial charge in [-0.1, -0.05) is 32.9 Å². The van der Waals surface area contributed by atoms with Crippen LogP contribution < -0.4 is 16.0 Å². The van der Waals surface area contributed by atoms with E-state index in [0.29, 0.717) is 22.6 Å². The zero-order valence-corrected chi connectivity index (χ0v) is 16.3. The summed E-state index contributed by atoms with van der Waals surface area (Å²) in [6.45, 7) is 8.77. The van der Waals surface area contributed by atoms with Gasteiger partial charge in [-0.05, 0) is 42.8 Å². The Morgan fingerprint density at radius 1 is 0.852 bits per heavy atom. The van der Waals surface area contributed by atoms with Crippen molar-refractivity contribution in [3.8, 4) is 0 Å². The standard InChI is InChI=1S/C21H25N3O3/c1-13-9-10-17(12-18(13)22-14(2)25)23-19(26)15-7-6-8-16(11-15)24-20(27)21(3,4)5/h6-12H,1-5H3,(H,22,25)(H,23,26)(H,24,27). The maximum Gasteiger partial charge on any atom is 0.255 e. The van der Waals surface area contributed by atoms with Crippen molar-refractivity contribution < 1.29 is 14.4 Å². The monoisotopic (exact) mass is 367 g/mol. The van der Waals surface area contributed by atoms with Gasteiger partial charge in [-0.3, -0.25) is 14.4 Å². The average Bonchev–Trinajstić information content (AvgIpc) is 2.57. The maximum atomic E-state index is 12.6. The predicted molar refractivity (Wildman–Crippen MR) is 108 cm³/mol. The molecule has 0 fully saturated rings. The molecular formula is C21H25N3O3. The van der Waals surface area contributed by atoms with Crippen LogP contribution in [0.1, 0.15) is 43.6 Å². The highest BCUT2D eigenvalue weighted by Crippen LogP contribution is 2.22. The van der Waals surface area contributed by atoms with E-state index in [9.17, 15) is 14.4 Å². The van der Waals surface area contributed by atoms with Crippen LogP contribution in [0, 0.1) is 12.3 Å². The number of amides is 3. The fourth-order valence-electron chi connectivity index (χ4n) is 2.28. The SMILES string of the molecule is CC(=O)Nc1cc(NC(=O)c2cccc(NC(=O)C(C)(C)C)c2)ccc1C. The summed E-state index contributed by atoms with van der Waals surface area (Å²) < 4.78 is 0. The van der Waals surface area contributed by atoms with Gasteiger partial charge in [-0.25, -0.2) is 0 Å². The zero-order chi connectivity index (χ0) is 20.2. The Hall–Kier alpha value is -3.15. The lowest BCUT2D eigenvalue weighted by Crippen LogP contribution is -2.27. The minimum absolute atomic E-state index is 0.126. The van der Waals surface area contributed by atoms with Crippen molar-refractivity contribution in [3.63, 3.8) is 0 Å². The van der Waals surface area contributed by atoms with E-state index in [4.69, 9.17) is 0 Å². The Balaban J connectivity index is 2.16. The summed E-state index contributed by atoms with van der Waals surface area (Å²) in [6, 6.07) is 12.0. The Bertz CT molecular complexity index is 882. The molecule has 0 atom stereocenters. The van der Waals surface area contributed by atoms with E-state index in [2.05, 4.69) is 16.0 Å². The quantitative estimate of drug-likeness (QED) is 0.757. The lowest BCUT2D eigenvalue weighted by Gasteiger charge is -2.18. The van der Waals surface area contributed by atoms with Gasteiger partial charge >= 0.3 is 0 Å². The number of nitrogens with one attached hydrogen (secondary N) is 3. The molecule has 0 spiro atoms. The molecule has 2 aromatic rings. The summed E-state index contributed by atoms with van der Waals surface area (Å²) in [5.41, 5.74) is 2.56. The van der Waals surface area contributed by atoms with Crippen molar-refractivity contribution in [1.29, 1.82) is 0 Å². The fraction of sp³-hybridized carbons (Fsp3) is 0.286. The van der Waals surface area contributed by atoms with E-state index in [-0.39, 0.29) is 17.7 Å². The first-order valence-corrected chi connectivity index (χ1v) is 8.67. The largest absolute Gasteiger partial charge is 0.326 e. The molecule has 27 heavy (non-hydrogen) atoms. The molecule has 2 aromatic carbocycles. The molecule has 6 heteroatoms. The van der Waals surface area contributed by atoms with E-state index < -0.39 is 5.41 Å². The first-order valence-electron chi connectivity index (χ1n) is 8.67. The molecular weight excluding hydrogens is 342 g/mol. The van der Waals surface area contributed by atoms with Crippen molar-refractivity contribution in [2.45, 2.75) is 34.6 Å². The predicted octanol–water partition coefficient (Wildman–Crippen LogP) is 4.19. The van der Waals surface area contributed by atoms with Gasteiger partial charge in [-0.2, -0.15) is 0 Å². The Morgan fingerprint density at radius 2 is 1.52 bits per heavy atom. The highest BCUT2D eigenvalue weighted by atomic mass is 16.2. The molecule has 0 aliphatic carbocycles. The highest BCUT2D eigenvalue weighted by Gasteiger charge is 2.21. The third-order valence-electron chi connectivity index (χ3n) is 3.87. The van der Waals surface area contributed by atoms with Crippen LogP contribution in [-0.4, -0.2) is 17.7 Å². The second-order valence-electron chi connectivity index (χ2n) is 7.45. The highest BCUT2D eigenvalue weighted by molar-refractivity contribution is 6.06. The summed E-state index contributed by atoms with van der Waals surface area (Å²) in [5.74, 6) is -0.609. The molecule has 0 unspecified atom stereocenters. The van der Waals surface area contributed by atoms with Crippen LogP contribution in [0.5, 0.6) is 0 Å². The number of benzene rings is 2.